The quantitative estimate of drug-likeness (QED) is 0.821. The van der Waals surface area contributed by atoms with Crippen LogP contribution < -0.4 is 0 Å². The van der Waals surface area contributed by atoms with Gasteiger partial charge in [-0.3, -0.25) is 9.78 Å². The molecule has 23 heavy (non-hydrogen) atoms. The standard InChI is InChI=1S/C18H22N2O3/c1-2-16(13-21)20(12-15-8-5-6-10-19-15)18(23)11-14-7-3-4-9-17(14)22/h3-10,16,21-22H,2,11-13H2,1H3. The van der Waals surface area contributed by atoms with Crippen LogP contribution in [0.2, 0.25) is 0 Å². The van der Waals surface area contributed by atoms with E-state index in [1.165, 1.54) is 0 Å². The molecule has 2 rings (SSSR count). The van der Waals surface area contributed by atoms with Crippen LogP contribution in [-0.4, -0.2) is 38.7 Å². The summed E-state index contributed by atoms with van der Waals surface area (Å²) in [4.78, 5) is 18.6. The largest absolute Gasteiger partial charge is 0.508 e. The normalized spacial score (nSPS) is 11.9. The smallest absolute Gasteiger partial charge is 0.227 e. The SMILES string of the molecule is CCC(CO)N(Cc1ccccn1)C(=O)Cc1ccccc1O. The lowest BCUT2D eigenvalue weighted by molar-refractivity contribution is -0.134. The van der Waals surface area contributed by atoms with Gasteiger partial charge in [-0.25, -0.2) is 0 Å². The lowest BCUT2D eigenvalue weighted by atomic mass is 10.1. The molecule has 0 aliphatic carbocycles. The number of para-hydroxylation sites is 1. The van der Waals surface area contributed by atoms with Crippen LogP contribution in [0.15, 0.2) is 48.7 Å². The molecule has 0 spiro atoms. The Morgan fingerprint density at radius 3 is 2.57 bits per heavy atom. The van der Waals surface area contributed by atoms with Gasteiger partial charge >= 0.3 is 0 Å². The number of phenolic OH excluding ortho intramolecular Hbond substituents is 1. The highest BCUT2D eigenvalue weighted by Gasteiger charge is 2.23. The molecule has 1 atom stereocenters. The monoisotopic (exact) mass is 314 g/mol. The van der Waals surface area contributed by atoms with E-state index in [0.29, 0.717) is 18.5 Å². The van der Waals surface area contributed by atoms with Gasteiger partial charge < -0.3 is 15.1 Å². The molecule has 122 valence electrons. The second-order valence-corrected chi connectivity index (χ2v) is 5.39. The molecule has 1 aromatic heterocycles. The minimum atomic E-state index is -0.268. The van der Waals surface area contributed by atoms with Gasteiger partial charge in [-0.1, -0.05) is 31.2 Å². The zero-order valence-electron chi connectivity index (χ0n) is 13.2. The summed E-state index contributed by atoms with van der Waals surface area (Å²) >= 11 is 0. The fourth-order valence-corrected chi connectivity index (χ4v) is 2.46. The lowest BCUT2D eigenvalue weighted by Gasteiger charge is -2.30. The average molecular weight is 314 g/mol. The van der Waals surface area contributed by atoms with E-state index < -0.39 is 0 Å². The predicted molar refractivity (Wildman–Crippen MR) is 87.8 cm³/mol. The first-order chi connectivity index (χ1) is 11.2. The highest BCUT2D eigenvalue weighted by Crippen LogP contribution is 2.19. The van der Waals surface area contributed by atoms with E-state index in [0.717, 1.165) is 5.69 Å². The van der Waals surface area contributed by atoms with Gasteiger partial charge in [0.1, 0.15) is 5.75 Å². The number of carbonyl (C=O) groups is 1. The fourth-order valence-electron chi connectivity index (χ4n) is 2.46. The van der Waals surface area contributed by atoms with E-state index in [1.807, 2.05) is 25.1 Å². The molecule has 5 heteroatoms. The maximum atomic E-state index is 12.7. The van der Waals surface area contributed by atoms with Crippen molar-refractivity contribution >= 4 is 5.91 Å². The number of pyridine rings is 1. The third-order valence-electron chi connectivity index (χ3n) is 3.83. The van der Waals surface area contributed by atoms with Crippen LogP contribution in [0.25, 0.3) is 0 Å². The van der Waals surface area contributed by atoms with E-state index in [-0.39, 0.29) is 30.7 Å². The van der Waals surface area contributed by atoms with Gasteiger partial charge in [0.15, 0.2) is 0 Å². The van der Waals surface area contributed by atoms with Crippen LogP contribution in [-0.2, 0) is 17.8 Å². The minimum Gasteiger partial charge on any atom is -0.508 e. The number of hydrogen-bond acceptors (Lipinski definition) is 4. The second-order valence-electron chi connectivity index (χ2n) is 5.39. The summed E-state index contributed by atoms with van der Waals surface area (Å²) in [6.07, 6.45) is 2.42. The topological polar surface area (TPSA) is 73.7 Å². The molecule has 0 aliphatic heterocycles. The van der Waals surface area contributed by atoms with Gasteiger partial charge in [-0.15, -0.1) is 0 Å². The molecule has 1 amide bonds. The van der Waals surface area contributed by atoms with Crippen molar-refractivity contribution in [2.75, 3.05) is 6.61 Å². The molecule has 0 aliphatic rings. The fraction of sp³-hybridized carbons (Fsp3) is 0.333. The van der Waals surface area contributed by atoms with Crippen molar-refractivity contribution < 1.29 is 15.0 Å². The van der Waals surface area contributed by atoms with Gasteiger partial charge in [0.05, 0.1) is 31.3 Å². The first-order valence-corrected chi connectivity index (χ1v) is 7.72. The van der Waals surface area contributed by atoms with Crippen molar-refractivity contribution in [1.29, 1.82) is 0 Å². The minimum absolute atomic E-state index is 0.0933. The predicted octanol–water partition coefficient (Wildman–Crippen LogP) is 2.13. The number of hydrogen-bond donors (Lipinski definition) is 2. The number of rotatable bonds is 7. The Hall–Kier alpha value is -2.40. The summed E-state index contributed by atoms with van der Waals surface area (Å²) in [5.41, 5.74) is 1.35. The first kappa shape index (κ1) is 17.0. The van der Waals surface area contributed by atoms with Crippen LogP contribution in [0.5, 0.6) is 5.75 Å². The van der Waals surface area contributed by atoms with Crippen molar-refractivity contribution in [1.82, 2.24) is 9.88 Å². The maximum Gasteiger partial charge on any atom is 0.227 e. The number of aromatic nitrogens is 1. The Kier molecular flexibility index (Phi) is 6.11. The number of aliphatic hydroxyl groups is 1. The summed E-state index contributed by atoms with van der Waals surface area (Å²) < 4.78 is 0. The van der Waals surface area contributed by atoms with Crippen LogP contribution in [0.4, 0.5) is 0 Å². The number of aromatic hydroxyl groups is 1. The molecule has 0 saturated carbocycles. The first-order valence-electron chi connectivity index (χ1n) is 7.72. The van der Waals surface area contributed by atoms with Crippen molar-refractivity contribution in [3.05, 3.63) is 59.9 Å². The molecule has 5 nitrogen and oxygen atoms in total. The number of benzene rings is 1. The van der Waals surface area contributed by atoms with Crippen LogP contribution in [0.3, 0.4) is 0 Å². The number of amides is 1. The highest BCUT2D eigenvalue weighted by atomic mass is 16.3. The number of phenols is 1. The number of nitrogens with zero attached hydrogens (tertiary/aromatic N) is 2. The Morgan fingerprint density at radius 1 is 1.22 bits per heavy atom. The van der Waals surface area contributed by atoms with Crippen molar-refractivity contribution in [2.24, 2.45) is 0 Å². The molecule has 0 fully saturated rings. The number of aliphatic hydroxyl groups excluding tert-OH is 1. The van der Waals surface area contributed by atoms with Crippen molar-refractivity contribution in [3.8, 4) is 5.75 Å². The summed E-state index contributed by atoms with van der Waals surface area (Å²) in [6, 6.07) is 12.1. The molecule has 2 aromatic rings. The van der Waals surface area contributed by atoms with Gasteiger partial charge in [0, 0.05) is 11.8 Å². The lowest BCUT2D eigenvalue weighted by Crippen LogP contribution is -2.42. The van der Waals surface area contributed by atoms with Gasteiger partial charge in [0.2, 0.25) is 5.91 Å². The number of carbonyl (C=O) groups excluding carboxylic acids is 1. The molecule has 1 heterocycles. The van der Waals surface area contributed by atoms with E-state index in [4.69, 9.17) is 0 Å². The van der Waals surface area contributed by atoms with Gasteiger partial charge in [-0.2, -0.15) is 0 Å². The van der Waals surface area contributed by atoms with Crippen LogP contribution in [0, 0.1) is 0 Å². The van der Waals surface area contributed by atoms with Gasteiger partial charge in [0.25, 0.3) is 0 Å². The molecular weight excluding hydrogens is 292 g/mol. The van der Waals surface area contributed by atoms with Crippen LogP contribution in [0.1, 0.15) is 24.6 Å². The third-order valence-corrected chi connectivity index (χ3v) is 3.83. The summed E-state index contributed by atoms with van der Waals surface area (Å²) in [5, 5.41) is 19.4. The summed E-state index contributed by atoms with van der Waals surface area (Å²) in [7, 11) is 0. The van der Waals surface area contributed by atoms with E-state index in [9.17, 15) is 15.0 Å². The molecule has 0 saturated heterocycles. The Morgan fingerprint density at radius 2 is 1.96 bits per heavy atom. The second kappa shape index (κ2) is 8.29. The van der Waals surface area contributed by atoms with Crippen LogP contribution >= 0.6 is 0 Å². The van der Waals surface area contributed by atoms with Crippen molar-refractivity contribution in [3.63, 3.8) is 0 Å². The Labute approximate surface area is 136 Å². The van der Waals surface area contributed by atoms with E-state index in [2.05, 4.69) is 4.98 Å². The molecule has 1 aromatic carbocycles. The highest BCUT2D eigenvalue weighted by molar-refractivity contribution is 5.79. The Bertz CT molecular complexity index is 627. The molecule has 0 bridgehead atoms. The molecule has 2 N–H and O–H groups in total. The summed E-state index contributed by atoms with van der Waals surface area (Å²) in [5.74, 6) is -0.0336. The van der Waals surface area contributed by atoms with E-state index >= 15 is 0 Å². The molecule has 1 unspecified atom stereocenters. The van der Waals surface area contributed by atoms with Gasteiger partial charge in [-0.05, 0) is 24.6 Å². The van der Waals surface area contributed by atoms with Crippen molar-refractivity contribution in [2.45, 2.75) is 32.4 Å². The zero-order valence-corrected chi connectivity index (χ0v) is 13.2. The average Bonchev–Trinajstić information content (AvgIpc) is 2.58. The Balaban J connectivity index is 2.19. The maximum absolute atomic E-state index is 12.7. The van der Waals surface area contributed by atoms with E-state index in [1.54, 1.807) is 35.4 Å². The molecule has 0 radical (unpaired) electrons. The molecular formula is C18H22N2O3. The third kappa shape index (κ3) is 4.53. The zero-order chi connectivity index (χ0) is 16.7. The summed E-state index contributed by atoms with van der Waals surface area (Å²) in [6.45, 7) is 2.17.